The molecule has 178 valence electrons. The van der Waals surface area contributed by atoms with Crippen LogP contribution < -0.4 is 5.32 Å². The van der Waals surface area contributed by atoms with E-state index in [1.165, 1.54) is 11.1 Å². The average Bonchev–Trinajstić information content (AvgIpc) is 3.16. The van der Waals surface area contributed by atoms with Crippen LogP contribution in [0.15, 0.2) is 60.2 Å². The van der Waals surface area contributed by atoms with Gasteiger partial charge in [0, 0.05) is 37.0 Å². The van der Waals surface area contributed by atoms with Crippen molar-refractivity contribution in [1.82, 2.24) is 10.2 Å². The van der Waals surface area contributed by atoms with Crippen molar-refractivity contribution in [1.29, 1.82) is 0 Å². The van der Waals surface area contributed by atoms with E-state index in [0.29, 0.717) is 18.5 Å². The Balaban J connectivity index is 1.35. The summed E-state index contributed by atoms with van der Waals surface area (Å²) in [5, 5.41) is 12.0. The van der Waals surface area contributed by atoms with Gasteiger partial charge >= 0.3 is 12.1 Å². The van der Waals surface area contributed by atoms with Crippen molar-refractivity contribution < 1.29 is 24.2 Å². The van der Waals surface area contributed by atoms with Gasteiger partial charge < -0.3 is 20.1 Å². The predicted octanol–water partition coefficient (Wildman–Crippen LogP) is 4.18. The maximum atomic E-state index is 12.8. The maximum absolute atomic E-state index is 12.8. The highest BCUT2D eigenvalue weighted by Crippen LogP contribution is 2.44. The number of aliphatic carboxylic acids is 1. The number of carboxylic acid groups (broad SMARTS) is 1. The van der Waals surface area contributed by atoms with Crippen LogP contribution in [0, 0.1) is 5.92 Å². The number of carbonyl (C=O) groups is 3. The van der Waals surface area contributed by atoms with Gasteiger partial charge in [-0.2, -0.15) is 0 Å². The summed E-state index contributed by atoms with van der Waals surface area (Å²) in [5.41, 5.74) is 4.96. The number of fused-ring (bicyclic) bond motifs is 3. The number of nitrogens with one attached hydrogen (secondary N) is 1. The van der Waals surface area contributed by atoms with Gasteiger partial charge in [-0.05, 0) is 34.6 Å². The summed E-state index contributed by atoms with van der Waals surface area (Å²) in [7, 11) is 0. The van der Waals surface area contributed by atoms with Crippen LogP contribution in [0.4, 0.5) is 4.79 Å². The van der Waals surface area contributed by atoms with E-state index in [1.807, 2.05) is 38.1 Å². The molecule has 34 heavy (non-hydrogen) atoms. The average molecular weight is 463 g/mol. The summed E-state index contributed by atoms with van der Waals surface area (Å²) in [6.07, 6.45) is 1.50. The monoisotopic (exact) mass is 462 g/mol. The molecule has 1 atom stereocenters. The van der Waals surface area contributed by atoms with Crippen LogP contribution in [-0.4, -0.2) is 53.7 Å². The molecular weight excluding hydrogens is 432 g/mol. The number of carboxylic acids is 1. The zero-order chi connectivity index (χ0) is 24.2. The Morgan fingerprint density at radius 1 is 1.06 bits per heavy atom. The highest BCUT2D eigenvalue weighted by atomic mass is 16.5. The topological polar surface area (TPSA) is 95.9 Å². The van der Waals surface area contributed by atoms with E-state index < -0.39 is 12.1 Å². The molecule has 1 aliphatic heterocycles. The van der Waals surface area contributed by atoms with Crippen LogP contribution >= 0.6 is 0 Å². The Kier molecular flexibility index (Phi) is 7.01. The standard InChI is InChI=1S/C27H30N2O5/c1-17(2)24(15-25(30)29-13-11-18(12-14-29)26(31)32)28-27(33)34-16-23-21-9-5-3-7-19(21)20-8-4-6-10-22(20)23/h3-11,17,23-24H,12-16H2,1-2H3,(H,28,33)(H,31,32)/t24-/m0/s1. The number of alkyl carbamates (subject to hydrolysis) is 1. The number of nitrogens with zero attached hydrogens (tertiary/aromatic N) is 1. The number of benzene rings is 2. The molecule has 0 bridgehead atoms. The van der Waals surface area contributed by atoms with Crippen molar-refractivity contribution in [3.05, 3.63) is 71.3 Å². The van der Waals surface area contributed by atoms with Crippen molar-refractivity contribution in [2.75, 3.05) is 19.7 Å². The molecule has 4 rings (SSSR count). The highest BCUT2D eigenvalue weighted by molar-refractivity contribution is 5.87. The van der Waals surface area contributed by atoms with Gasteiger partial charge in [-0.15, -0.1) is 0 Å². The smallest absolute Gasteiger partial charge is 0.407 e. The number of amides is 2. The fourth-order valence-corrected chi connectivity index (χ4v) is 4.65. The van der Waals surface area contributed by atoms with Crippen LogP contribution in [0.5, 0.6) is 0 Å². The van der Waals surface area contributed by atoms with Gasteiger partial charge in [-0.1, -0.05) is 68.5 Å². The number of hydrogen-bond donors (Lipinski definition) is 2. The molecule has 0 aromatic heterocycles. The molecule has 0 saturated carbocycles. The zero-order valence-corrected chi connectivity index (χ0v) is 19.5. The summed E-state index contributed by atoms with van der Waals surface area (Å²) in [5.74, 6) is -1.05. The molecule has 1 aliphatic carbocycles. The van der Waals surface area contributed by atoms with Gasteiger partial charge in [0.15, 0.2) is 0 Å². The van der Waals surface area contributed by atoms with Crippen molar-refractivity contribution in [2.45, 2.75) is 38.6 Å². The molecule has 0 fully saturated rings. The first-order valence-electron chi connectivity index (χ1n) is 11.7. The largest absolute Gasteiger partial charge is 0.478 e. The van der Waals surface area contributed by atoms with Crippen LogP contribution in [-0.2, 0) is 14.3 Å². The maximum Gasteiger partial charge on any atom is 0.407 e. The van der Waals surface area contributed by atoms with Gasteiger partial charge in [-0.25, -0.2) is 9.59 Å². The third-order valence-corrected chi connectivity index (χ3v) is 6.68. The van der Waals surface area contributed by atoms with Gasteiger partial charge in [0.25, 0.3) is 0 Å². The second-order valence-corrected chi connectivity index (χ2v) is 9.15. The molecule has 2 aliphatic rings. The first-order chi connectivity index (χ1) is 16.3. The second kappa shape index (κ2) is 10.1. The minimum absolute atomic E-state index is 0.0270. The van der Waals surface area contributed by atoms with Gasteiger partial charge in [0.1, 0.15) is 6.61 Å². The Bertz CT molecular complexity index is 1080. The van der Waals surface area contributed by atoms with Crippen molar-refractivity contribution in [2.24, 2.45) is 5.92 Å². The summed E-state index contributed by atoms with van der Waals surface area (Å²) in [6.45, 7) is 4.75. The lowest BCUT2D eigenvalue weighted by Crippen LogP contribution is -2.44. The van der Waals surface area contributed by atoms with Gasteiger partial charge in [0.05, 0.1) is 0 Å². The SMILES string of the molecule is CC(C)[C@H](CC(=O)N1CC=C(C(=O)O)CC1)NC(=O)OCC1c2ccccc2-c2ccccc21. The molecule has 2 amide bonds. The molecule has 2 N–H and O–H groups in total. The normalized spacial score (nSPS) is 15.9. The van der Waals surface area contributed by atoms with Crippen LogP contribution in [0.1, 0.15) is 43.7 Å². The van der Waals surface area contributed by atoms with E-state index in [0.717, 1.165) is 11.1 Å². The zero-order valence-electron chi connectivity index (χ0n) is 19.5. The molecule has 0 radical (unpaired) electrons. The Labute approximate surface area is 199 Å². The number of rotatable bonds is 7. The third-order valence-electron chi connectivity index (χ3n) is 6.68. The Hall–Kier alpha value is -3.61. The van der Waals surface area contributed by atoms with Crippen molar-refractivity contribution in [3.63, 3.8) is 0 Å². The lowest BCUT2D eigenvalue weighted by molar-refractivity contribution is -0.135. The predicted molar refractivity (Wildman–Crippen MR) is 128 cm³/mol. The fourth-order valence-electron chi connectivity index (χ4n) is 4.65. The number of hydrogen-bond acceptors (Lipinski definition) is 4. The number of carbonyl (C=O) groups excluding carboxylic acids is 2. The molecule has 2 aromatic carbocycles. The highest BCUT2D eigenvalue weighted by Gasteiger charge is 2.30. The number of ether oxygens (including phenoxy) is 1. The van der Waals surface area contributed by atoms with Crippen LogP contribution in [0.2, 0.25) is 0 Å². The van der Waals surface area contributed by atoms with Crippen LogP contribution in [0.3, 0.4) is 0 Å². The minimum atomic E-state index is -0.941. The first-order valence-corrected chi connectivity index (χ1v) is 11.7. The van der Waals surface area contributed by atoms with E-state index in [9.17, 15) is 14.4 Å². The van der Waals surface area contributed by atoms with Crippen LogP contribution in [0.25, 0.3) is 11.1 Å². The molecule has 0 spiro atoms. The van der Waals surface area contributed by atoms with Gasteiger partial charge in [0.2, 0.25) is 5.91 Å². The molecule has 7 heteroatoms. The molecule has 7 nitrogen and oxygen atoms in total. The molecule has 1 heterocycles. The lowest BCUT2D eigenvalue weighted by Gasteiger charge is -2.29. The van der Waals surface area contributed by atoms with E-state index in [4.69, 9.17) is 9.84 Å². The third kappa shape index (κ3) is 4.98. The Morgan fingerprint density at radius 3 is 2.21 bits per heavy atom. The summed E-state index contributed by atoms with van der Waals surface area (Å²) in [4.78, 5) is 38.2. The van der Waals surface area contributed by atoms with E-state index in [1.54, 1.807) is 11.0 Å². The Morgan fingerprint density at radius 2 is 1.68 bits per heavy atom. The first kappa shape index (κ1) is 23.5. The van der Waals surface area contributed by atoms with E-state index >= 15 is 0 Å². The van der Waals surface area contributed by atoms with E-state index in [2.05, 4.69) is 29.6 Å². The molecule has 2 aromatic rings. The summed E-state index contributed by atoms with van der Waals surface area (Å²) in [6, 6.07) is 15.9. The van der Waals surface area contributed by atoms with Crippen molar-refractivity contribution in [3.8, 4) is 11.1 Å². The quantitative estimate of drug-likeness (QED) is 0.644. The summed E-state index contributed by atoms with van der Waals surface area (Å²) >= 11 is 0. The molecule has 0 unspecified atom stereocenters. The fraction of sp³-hybridized carbons (Fsp3) is 0.370. The molecular formula is C27H30N2O5. The van der Waals surface area contributed by atoms with E-state index in [-0.39, 0.29) is 43.4 Å². The molecule has 0 saturated heterocycles. The van der Waals surface area contributed by atoms with Gasteiger partial charge in [-0.3, -0.25) is 4.79 Å². The van der Waals surface area contributed by atoms with Crippen molar-refractivity contribution >= 4 is 18.0 Å². The minimum Gasteiger partial charge on any atom is -0.478 e. The lowest BCUT2D eigenvalue weighted by atomic mass is 9.98. The second-order valence-electron chi connectivity index (χ2n) is 9.15. The summed E-state index contributed by atoms with van der Waals surface area (Å²) < 4.78 is 5.64.